The van der Waals surface area contributed by atoms with Crippen LogP contribution >= 0.6 is 11.3 Å². The van der Waals surface area contributed by atoms with Crippen LogP contribution in [-0.2, 0) is 26.8 Å². The summed E-state index contributed by atoms with van der Waals surface area (Å²) >= 11 is 1.45. The molecule has 114 valence electrons. The molecule has 1 rings (SSSR count). The molecule has 0 spiro atoms. The molecule has 0 aliphatic heterocycles. The lowest BCUT2D eigenvalue weighted by Crippen LogP contribution is -2.39. The minimum absolute atomic E-state index is 0.0383. The van der Waals surface area contributed by atoms with E-state index < -0.39 is 21.5 Å². The van der Waals surface area contributed by atoms with E-state index >= 15 is 0 Å². The van der Waals surface area contributed by atoms with Gasteiger partial charge in [0.1, 0.15) is 5.75 Å². The molecule has 0 radical (unpaired) electrons. The van der Waals surface area contributed by atoms with E-state index in [0.29, 0.717) is 5.69 Å². The van der Waals surface area contributed by atoms with Crippen molar-refractivity contribution in [1.29, 1.82) is 0 Å². The van der Waals surface area contributed by atoms with E-state index in [1.165, 1.54) is 11.3 Å². The Bertz CT molecular complexity index is 550. The summed E-state index contributed by atoms with van der Waals surface area (Å²) in [6.07, 6.45) is 0.789. The minimum Gasteiger partial charge on any atom is -0.353 e. The van der Waals surface area contributed by atoms with Gasteiger partial charge in [-0.2, -0.15) is 0 Å². The van der Waals surface area contributed by atoms with Crippen LogP contribution in [0.4, 0.5) is 0 Å². The number of nitrogens with one attached hydrogen (secondary N) is 1. The number of carbonyl (C=O) groups is 1. The van der Waals surface area contributed by atoms with Crippen LogP contribution in [0.15, 0.2) is 5.38 Å². The van der Waals surface area contributed by atoms with Crippen LogP contribution in [0.25, 0.3) is 0 Å². The normalized spacial score (nSPS) is 13.4. The lowest BCUT2D eigenvalue weighted by molar-refractivity contribution is -0.119. The van der Waals surface area contributed by atoms with E-state index in [9.17, 15) is 13.2 Å². The molecule has 1 unspecified atom stereocenters. The maximum atomic E-state index is 12.0. The molecule has 1 amide bonds. The molecule has 1 heterocycles. The smallest absolute Gasteiger partial charge is 0.235 e. The third-order valence-corrected chi connectivity index (χ3v) is 5.49. The van der Waals surface area contributed by atoms with Gasteiger partial charge in [0.25, 0.3) is 0 Å². The van der Waals surface area contributed by atoms with Gasteiger partial charge < -0.3 is 5.32 Å². The maximum Gasteiger partial charge on any atom is 0.235 e. The molecule has 1 N–H and O–H groups in total. The largest absolute Gasteiger partial charge is 0.353 e. The van der Waals surface area contributed by atoms with Crippen molar-refractivity contribution in [2.45, 2.75) is 45.9 Å². The van der Waals surface area contributed by atoms with E-state index in [1.54, 1.807) is 5.38 Å². The van der Waals surface area contributed by atoms with Gasteiger partial charge in [0.15, 0.2) is 9.84 Å². The Morgan fingerprint density at radius 3 is 2.55 bits per heavy atom. The van der Waals surface area contributed by atoms with Crippen LogP contribution in [0.1, 0.15) is 38.4 Å². The monoisotopic (exact) mass is 318 g/mol. The summed E-state index contributed by atoms with van der Waals surface area (Å²) < 4.78 is 23.9. The summed E-state index contributed by atoms with van der Waals surface area (Å²) in [5, 5.41) is 5.35. The van der Waals surface area contributed by atoms with E-state index in [1.807, 2.05) is 27.7 Å². The second-order valence-corrected chi connectivity index (χ2v) is 8.23. The van der Waals surface area contributed by atoms with Gasteiger partial charge in [-0.1, -0.05) is 20.8 Å². The topological polar surface area (TPSA) is 76.1 Å². The highest BCUT2D eigenvalue weighted by molar-refractivity contribution is 7.91. The number of hydrogen-bond donors (Lipinski definition) is 1. The minimum atomic E-state index is -3.47. The van der Waals surface area contributed by atoms with Gasteiger partial charge in [-0.15, -0.1) is 11.3 Å². The molecule has 0 bridgehead atoms. The first-order valence-electron chi connectivity index (χ1n) is 6.66. The summed E-state index contributed by atoms with van der Waals surface area (Å²) in [5.74, 6) is -0.833. The standard InChI is InChI=1S/C13H22N2O3S2/c1-5-13-15-11(6-19-13)7-20(17,18)8-12(16)14-10(4)9(2)3/h6,9-10H,5,7-8H2,1-4H3,(H,14,16). The Morgan fingerprint density at radius 1 is 1.40 bits per heavy atom. The predicted octanol–water partition coefficient (Wildman–Crippen LogP) is 1.78. The van der Waals surface area contributed by atoms with Crippen LogP contribution < -0.4 is 5.32 Å². The molecule has 0 aromatic carbocycles. The van der Waals surface area contributed by atoms with Crippen molar-refractivity contribution in [3.8, 4) is 0 Å². The average Bonchev–Trinajstić information content (AvgIpc) is 2.74. The zero-order valence-corrected chi connectivity index (χ0v) is 14.0. The van der Waals surface area contributed by atoms with Crippen LogP contribution in [0, 0.1) is 5.92 Å². The molecule has 20 heavy (non-hydrogen) atoms. The molecule has 0 saturated heterocycles. The van der Waals surface area contributed by atoms with Gasteiger partial charge in [0, 0.05) is 11.4 Å². The van der Waals surface area contributed by atoms with Crippen molar-refractivity contribution in [2.24, 2.45) is 5.92 Å². The second-order valence-electron chi connectivity index (χ2n) is 5.22. The van der Waals surface area contributed by atoms with Crippen molar-refractivity contribution in [2.75, 3.05) is 5.75 Å². The van der Waals surface area contributed by atoms with Crippen LogP contribution in [0.3, 0.4) is 0 Å². The summed E-state index contributed by atoms with van der Waals surface area (Å²) in [6, 6.07) is -0.0383. The Balaban J connectivity index is 2.59. The molecule has 1 aromatic heterocycles. The molecule has 1 aromatic rings. The van der Waals surface area contributed by atoms with Crippen LogP contribution in [-0.4, -0.2) is 31.1 Å². The van der Waals surface area contributed by atoms with Crippen molar-refractivity contribution >= 4 is 27.1 Å². The Hall–Kier alpha value is -0.950. The van der Waals surface area contributed by atoms with Crippen molar-refractivity contribution in [3.05, 3.63) is 16.1 Å². The lowest BCUT2D eigenvalue weighted by Gasteiger charge is -2.17. The zero-order valence-electron chi connectivity index (χ0n) is 12.3. The third kappa shape index (κ3) is 5.58. The van der Waals surface area contributed by atoms with E-state index in [0.717, 1.165) is 11.4 Å². The highest BCUT2D eigenvalue weighted by Gasteiger charge is 2.20. The number of hydrogen-bond acceptors (Lipinski definition) is 5. The number of amides is 1. The van der Waals surface area contributed by atoms with Gasteiger partial charge in [-0.05, 0) is 19.3 Å². The van der Waals surface area contributed by atoms with Gasteiger partial charge in [-0.3, -0.25) is 4.79 Å². The number of sulfone groups is 1. The fraction of sp³-hybridized carbons (Fsp3) is 0.692. The number of aryl methyl sites for hydroxylation is 1. The molecule has 1 atom stereocenters. The molecule has 5 nitrogen and oxygen atoms in total. The SMILES string of the molecule is CCc1nc(CS(=O)(=O)CC(=O)NC(C)C(C)C)cs1. The molecule has 7 heteroatoms. The predicted molar refractivity (Wildman–Crippen MR) is 81.4 cm³/mol. The second kappa shape index (κ2) is 7.17. The first-order valence-corrected chi connectivity index (χ1v) is 9.36. The third-order valence-electron chi connectivity index (χ3n) is 3.01. The number of carbonyl (C=O) groups excluding carboxylic acids is 1. The number of rotatable bonds is 7. The highest BCUT2D eigenvalue weighted by atomic mass is 32.2. The zero-order chi connectivity index (χ0) is 15.3. The molecule has 0 fully saturated rings. The summed E-state index contributed by atoms with van der Waals surface area (Å²) in [4.78, 5) is 15.9. The number of thiazole rings is 1. The van der Waals surface area contributed by atoms with Gasteiger partial charge in [-0.25, -0.2) is 13.4 Å². The lowest BCUT2D eigenvalue weighted by atomic mass is 10.1. The van der Waals surface area contributed by atoms with E-state index in [4.69, 9.17) is 0 Å². The molecule has 0 aliphatic carbocycles. The molecular weight excluding hydrogens is 296 g/mol. The fourth-order valence-corrected chi connectivity index (χ4v) is 3.55. The number of aromatic nitrogens is 1. The first kappa shape index (κ1) is 17.1. The van der Waals surface area contributed by atoms with E-state index in [-0.39, 0.29) is 17.7 Å². The van der Waals surface area contributed by atoms with Crippen LogP contribution in [0.2, 0.25) is 0 Å². The summed E-state index contributed by atoms with van der Waals surface area (Å²) in [5.41, 5.74) is 0.525. The first-order chi connectivity index (χ1) is 9.23. The van der Waals surface area contributed by atoms with Gasteiger partial charge >= 0.3 is 0 Å². The van der Waals surface area contributed by atoms with E-state index in [2.05, 4.69) is 10.3 Å². The summed E-state index contributed by atoms with van der Waals surface area (Å²) in [7, 11) is -3.47. The van der Waals surface area contributed by atoms with Gasteiger partial charge in [0.2, 0.25) is 5.91 Å². The highest BCUT2D eigenvalue weighted by Crippen LogP contribution is 2.13. The molecular formula is C13H22N2O3S2. The average molecular weight is 318 g/mol. The number of nitrogens with zero attached hydrogens (tertiary/aromatic N) is 1. The fourth-order valence-electron chi connectivity index (χ4n) is 1.52. The van der Waals surface area contributed by atoms with Crippen LogP contribution in [0.5, 0.6) is 0 Å². The molecule has 0 aliphatic rings. The van der Waals surface area contributed by atoms with Crippen molar-refractivity contribution in [1.82, 2.24) is 10.3 Å². The van der Waals surface area contributed by atoms with Gasteiger partial charge in [0.05, 0.1) is 16.5 Å². The van der Waals surface area contributed by atoms with Crippen molar-refractivity contribution in [3.63, 3.8) is 0 Å². The maximum absolute atomic E-state index is 12.0. The summed E-state index contributed by atoms with van der Waals surface area (Å²) in [6.45, 7) is 7.78. The Labute approximate surface area is 124 Å². The quantitative estimate of drug-likeness (QED) is 0.831. The molecule has 0 saturated carbocycles. The Morgan fingerprint density at radius 2 is 2.05 bits per heavy atom. The van der Waals surface area contributed by atoms with Crippen molar-refractivity contribution < 1.29 is 13.2 Å². The Kier molecular flexibility index (Phi) is 6.13.